The fraction of sp³-hybridized carbons (Fsp3) is 0.182. The van der Waals surface area contributed by atoms with Gasteiger partial charge in [-0.25, -0.2) is 4.79 Å². The normalized spacial score (nSPS) is 11.4. The number of phenolic OH excluding ortho intramolecular Hbond substituents is 2. The number of benzene rings is 1. The number of hydrogen-bond acceptors (Lipinski definition) is 3. The van der Waals surface area contributed by atoms with Gasteiger partial charge in [-0.3, -0.25) is 0 Å². The van der Waals surface area contributed by atoms with Gasteiger partial charge in [-0.05, 0) is 19.4 Å². The number of phenols is 2. The van der Waals surface area contributed by atoms with Crippen molar-refractivity contribution in [2.24, 2.45) is 0 Å². The largest absolute Gasteiger partial charge is 0.504 e. The molecule has 0 radical (unpaired) electrons. The van der Waals surface area contributed by atoms with Crippen LogP contribution in [0.15, 0.2) is 29.8 Å². The first-order valence-corrected chi connectivity index (χ1v) is 4.42. The third-order valence-electron chi connectivity index (χ3n) is 2.06. The lowest BCUT2D eigenvalue weighted by Crippen LogP contribution is -1.96. The van der Waals surface area contributed by atoms with E-state index in [2.05, 4.69) is 0 Å². The standard InChI is InChI=1S/C11H12O4/c1-7(11(14)15)5-6-8-3-2-4-9(12)10(8)13/h2-5,12-13H,6H2,1H3,(H,14,15)/b7-5+. The van der Waals surface area contributed by atoms with Crippen molar-refractivity contribution in [2.75, 3.05) is 0 Å². The molecule has 0 aliphatic carbocycles. The molecule has 0 fully saturated rings. The molecule has 0 heterocycles. The Morgan fingerprint density at radius 3 is 2.67 bits per heavy atom. The Bertz CT molecular complexity index is 407. The highest BCUT2D eigenvalue weighted by molar-refractivity contribution is 5.85. The zero-order valence-electron chi connectivity index (χ0n) is 8.27. The first-order chi connectivity index (χ1) is 7.02. The van der Waals surface area contributed by atoms with Crippen LogP contribution < -0.4 is 0 Å². The molecule has 0 saturated heterocycles. The summed E-state index contributed by atoms with van der Waals surface area (Å²) in [6.45, 7) is 1.47. The second kappa shape index (κ2) is 4.50. The van der Waals surface area contributed by atoms with Gasteiger partial charge in [0.1, 0.15) is 0 Å². The van der Waals surface area contributed by atoms with Crippen LogP contribution in [0.5, 0.6) is 11.5 Å². The average molecular weight is 208 g/mol. The predicted octanol–water partition coefficient (Wildman–Crippen LogP) is 1.67. The zero-order chi connectivity index (χ0) is 11.4. The lowest BCUT2D eigenvalue weighted by molar-refractivity contribution is -0.132. The summed E-state index contributed by atoms with van der Waals surface area (Å²) >= 11 is 0. The van der Waals surface area contributed by atoms with Gasteiger partial charge in [0.25, 0.3) is 0 Å². The SMILES string of the molecule is C/C(=C\Cc1cccc(O)c1O)C(=O)O. The molecule has 0 saturated carbocycles. The van der Waals surface area contributed by atoms with Crippen LogP contribution in [-0.2, 0) is 11.2 Å². The highest BCUT2D eigenvalue weighted by Gasteiger charge is 2.05. The minimum absolute atomic E-state index is 0.200. The zero-order valence-corrected chi connectivity index (χ0v) is 8.27. The molecule has 0 aliphatic rings. The van der Waals surface area contributed by atoms with Gasteiger partial charge < -0.3 is 15.3 Å². The van der Waals surface area contributed by atoms with Crippen LogP contribution >= 0.6 is 0 Å². The third kappa shape index (κ3) is 2.74. The van der Waals surface area contributed by atoms with Crippen molar-refractivity contribution in [2.45, 2.75) is 13.3 Å². The molecule has 80 valence electrons. The van der Waals surface area contributed by atoms with Gasteiger partial charge >= 0.3 is 5.97 Å². The summed E-state index contributed by atoms with van der Waals surface area (Å²) < 4.78 is 0. The van der Waals surface area contributed by atoms with E-state index in [1.54, 1.807) is 12.1 Å². The number of carboxylic acid groups (broad SMARTS) is 1. The van der Waals surface area contributed by atoms with Crippen molar-refractivity contribution in [1.82, 2.24) is 0 Å². The Labute approximate surface area is 87.1 Å². The molecule has 0 aromatic heterocycles. The maximum absolute atomic E-state index is 10.5. The van der Waals surface area contributed by atoms with Crippen LogP contribution in [0.25, 0.3) is 0 Å². The predicted molar refractivity (Wildman–Crippen MR) is 54.9 cm³/mol. The number of hydrogen-bond donors (Lipinski definition) is 3. The molecule has 1 rings (SSSR count). The smallest absolute Gasteiger partial charge is 0.330 e. The van der Waals surface area contributed by atoms with Crippen LogP contribution in [0, 0.1) is 0 Å². The number of aliphatic carboxylic acids is 1. The summed E-state index contributed by atoms with van der Waals surface area (Å²) in [4.78, 5) is 10.5. The van der Waals surface area contributed by atoms with Crippen LogP contribution in [0.3, 0.4) is 0 Å². The van der Waals surface area contributed by atoms with Crippen molar-refractivity contribution in [3.63, 3.8) is 0 Å². The minimum Gasteiger partial charge on any atom is -0.504 e. The van der Waals surface area contributed by atoms with E-state index in [9.17, 15) is 15.0 Å². The summed E-state index contributed by atoms with van der Waals surface area (Å²) in [5.74, 6) is -1.39. The van der Waals surface area contributed by atoms with Gasteiger partial charge in [0.15, 0.2) is 11.5 Å². The second-order valence-corrected chi connectivity index (χ2v) is 3.18. The summed E-state index contributed by atoms with van der Waals surface area (Å²) in [7, 11) is 0. The molecular weight excluding hydrogens is 196 g/mol. The van der Waals surface area contributed by atoms with Crippen molar-refractivity contribution in [3.8, 4) is 11.5 Å². The molecular formula is C11H12O4. The Hall–Kier alpha value is -1.97. The lowest BCUT2D eigenvalue weighted by atomic mass is 10.1. The molecule has 4 heteroatoms. The highest BCUT2D eigenvalue weighted by atomic mass is 16.4. The molecule has 0 aliphatic heterocycles. The van der Waals surface area contributed by atoms with Gasteiger partial charge in [0.05, 0.1) is 0 Å². The van der Waals surface area contributed by atoms with Gasteiger partial charge in [-0.2, -0.15) is 0 Å². The van der Waals surface area contributed by atoms with Crippen LogP contribution in [-0.4, -0.2) is 21.3 Å². The summed E-state index contributed by atoms with van der Waals surface area (Å²) in [6, 6.07) is 4.58. The topological polar surface area (TPSA) is 77.8 Å². The fourth-order valence-electron chi connectivity index (χ4n) is 1.09. The molecule has 1 aromatic rings. The van der Waals surface area contributed by atoms with E-state index in [-0.39, 0.29) is 23.5 Å². The third-order valence-corrected chi connectivity index (χ3v) is 2.06. The Balaban J connectivity index is 2.87. The van der Waals surface area contributed by atoms with Gasteiger partial charge in [-0.1, -0.05) is 18.2 Å². The molecule has 0 unspecified atom stereocenters. The Morgan fingerprint density at radius 2 is 2.07 bits per heavy atom. The van der Waals surface area contributed by atoms with E-state index in [1.807, 2.05) is 0 Å². The molecule has 4 nitrogen and oxygen atoms in total. The molecule has 3 N–H and O–H groups in total. The molecule has 0 spiro atoms. The van der Waals surface area contributed by atoms with Gasteiger partial charge in [0.2, 0.25) is 0 Å². The first-order valence-electron chi connectivity index (χ1n) is 4.42. The van der Waals surface area contributed by atoms with Crippen LogP contribution in [0.2, 0.25) is 0 Å². The first kappa shape index (κ1) is 11.1. The van der Waals surface area contributed by atoms with E-state index in [4.69, 9.17) is 5.11 Å². The molecule has 0 bridgehead atoms. The van der Waals surface area contributed by atoms with Crippen molar-refractivity contribution >= 4 is 5.97 Å². The van der Waals surface area contributed by atoms with E-state index in [0.717, 1.165) is 0 Å². The molecule has 0 atom stereocenters. The van der Waals surface area contributed by atoms with Crippen LogP contribution in [0.1, 0.15) is 12.5 Å². The second-order valence-electron chi connectivity index (χ2n) is 3.18. The quantitative estimate of drug-likeness (QED) is 0.521. The summed E-state index contributed by atoms with van der Waals surface area (Å²) in [5.41, 5.74) is 0.702. The molecule has 15 heavy (non-hydrogen) atoms. The summed E-state index contributed by atoms with van der Waals surface area (Å²) in [6.07, 6.45) is 1.76. The number of carbonyl (C=O) groups is 1. The number of allylic oxidation sites excluding steroid dienone is 1. The summed E-state index contributed by atoms with van der Waals surface area (Å²) in [5, 5.41) is 27.2. The minimum atomic E-state index is -0.991. The maximum atomic E-state index is 10.5. The number of para-hydroxylation sites is 1. The van der Waals surface area contributed by atoms with E-state index < -0.39 is 5.97 Å². The number of carboxylic acids is 1. The Kier molecular flexibility index (Phi) is 3.33. The fourth-order valence-corrected chi connectivity index (χ4v) is 1.09. The molecule has 1 aromatic carbocycles. The van der Waals surface area contributed by atoms with E-state index in [1.165, 1.54) is 19.1 Å². The monoisotopic (exact) mass is 208 g/mol. The maximum Gasteiger partial charge on any atom is 0.330 e. The van der Waals surface area contributed by atoms with E-state index in [0.29, 0.717) is 5.56 Å². The molecule has 0 amide bonds. The highest BCUT2D eigenvalue weighted by Crippen LogP contribution is 2.28. The van der Waals surface area contributed by atoms with E-state index >= 15 is 0 Å². The average Bonchev–Trinajstić information content (AvgIpc) is 2.19. The van der Waals surface area contributed by atoms with Crippen molar-refractivity contribution in [1.29, 1.82) is 0 Å². The van der Waals surface area contributed by atoms with Gasteiger partial charge in [-0.15, -0.1) is 0 Å². The van der Waals surface area contributed by atoms with Crippen molar-refractivity contribution < 1.29 is 20.1 Å². The lowest BCUT2D eigenvalue weighted by Gasteiger charge is -2.03. The van der Waals surface area contributed by atoms with Gasteiger partial charge in [0, 0.05) is 11.1 Å². The number of aromatic hydroxyl groups is 2. The Morgan fingerprint density at radius 1 is 1.40 bits per heavy atom. The van der Waals surface area contributed by atoms with Crippen molar-refractivity contribution in [3.05, 3.63) is 35.4 Å². The van der Waals surface area contributed by atoms with Crippen LogP contribution in [0.4, 0.5) is 0 Å². The number of rotatable bonds is 3.